The molecule has 143 heavy (non-hydrogen) atoms. The second kappa shape index (κ2) is 118. The van der Waals surface area contributed by atoms with E-state index in [1.54, 1.807) is 0 Å². The van der Waals surface area contributed by atoms with Crippen molar-refractivity contribution in [1.82, 2.24) is 10.8 Å². The Hall–Kier alpha value is -4.25. The zero-order valence-electron chi connectivity index (χ0n) is 86.3. The van der Waals surface area contributed by atoms with Crippen molar-refractivity contribution in [3.8, 4) is 0 Å². The summed E-state index contributed by atoms with van der Waals surface area (Å²) in [4.78, 5) is 65.7. The summed E-state index contributed by atoms with van der Waals surface area (Å²) in [7, 11) is 0. The van der Waals surface area contributed by atoms with Gasteiger partial charge in [-0.05, 0) is 20.8 Å². The molecule has 8 N–H and O–H groups in total. The van der Waals surface area contributed by atoms with E-state index in [0.717, 1.165) is 0 Å². The largest absolute Gasteiger partial charge is 0.460 e. The Kier molecular flexibility index (Phi) is 114. The average molecular weight is 2090 g/mol. The molecule has 850 valence electrons. The topological polar surface area (TPSA) is 557 Å². The highest BCUT2D eigenvalue weighted by molar-refractivity contribution is 5.77. The van der Waals surface area contributed by atoms with Crippen molar-refractivity contribution in [2.24, 2.45) is 17.2 Å². The van der Waals surface area contributed by atoms with Gasteiger partial charge in [0.2, 0.25) is 23.6 Å². The molecule has 0 aromatic heterocycles. The highest BCUT2D eigenvalue weighted by atomic mass is 16.7. The van der Waals surface area contributed by atoms with Crippen LogP contribution >= 0.6 is 0 Å². The third-order valence-corrected chi connectivity index (χ3v) is 17.4. The van der Waals surface area contributed by atoms with Gasteiger partial charge in [-0.1, -0.05) is 0 Å². The van der Waals surface area contributed by atoms with Crippen LogP contribution in [0.15, 0.2) is 0 Å². The van der Waals surface area contributed by atoms with E-state index in [9.17, 15) is 24.0 Å². The Balaban J connectivity index is 3.63. The molecule has 0 fully saturated rings. The molecule has 0 aromatic carbocycles. The van der Waals surface area contributed by atoms with Crippen LogP contribution in [0.5, 0.6) is 0 Å². The van der Waals surface area contributed by atoms with E-state index in [0.29, 0.717) is 443 Å². The van der Waals surface area contributed by atoms with Crippen molar-refractivity contribution in [1.29, 1.82) is 0 Å². The standard InChI is InChI=1S/C93H183N5O45/c1-92(2,3)143-91(103)8-14-105-17-20-108-23-26-111-29-32-114-35-38-117-41-44-120-47-49-122-50-51-123-52-53-124-54-55-125-56-57-126-58-59-127-60-61-128-62-63-129-64-65-130-66-67-131-68-69-132-70-71-133-72-73-134-74-75-135-76-77-136-78-79-137-80-81-138-82-83-142-98-90(102)7-13-141-86-93(84-139-10-4-87(95)99,85-140-11-5-88(96)100)97-89(101)6-12-104-16-19-107-22-25-110-28-31-113-34-37-116-40-43-119-46-48-121-45-42-118-39-36-115-33-30-112-27-24-109-21-18-106-15-9-94/h4-86,94H2,1-3H3,(H2,95,99)(H2,96,100)(H,97,101)(H,98,102). The Labute approximate surface area is 847 Å². The van der Waals surface area contributed by atoms with Gasteiger partial charge in [-0.15, -0.1) is 0 Å². The average Bonchev–Trinajstić information content (AvgIpc) is 0.853. The number of amides is 4. The minimum absolute atomic E-state index is 0.0513. The van der Waals surface area contributed by atoms with E-state index in [1.807, 2.05) is 20.8 Å². The monoisotopic (exact) mass is 2090 g/mol. The first kappa shape index (κ1) is 139. The van der Waals surface area contributed by atoms with Gasteiger partial charge >= 0.3 is 5.97 Å². The number of esters is 1. The van der Waals surface area contributed by atoms with Gasteiger partial charge in [0, 0.05) is 25.8 Å². The fourth-order valence-electron chi connectivity index (χ4n) is 10.4. The molecule has 0 radical (unpaired) electrons. The third kappa shape index (κ3) is 121. The van der Waals surface area contributed by atoms with E-state index in [4.69, 9.17) is 207 Å². The third-order valence-electron chi connectivity index (χ3n) is 17.4. The number of hydrogen-bond acceptors (Lipinski definition) is 46. The second-order valence-electron chi connectivity index (χ2n) is 30.9. The fourth-order valence-corrected chi connectivity index (χ4v) is 10.4. The molecule has 0 saturated heterocycles. The number of nitrogens with one attached hydrogen (secondary N) is 2. The molecule has 0 aliphatic rings. The summed E-state index contributed by atoms with van der Waals surface area (Å²) >= 11 is 0. The number of primary amides is 2. The summed E-state index contributed by atoms with van der Waals surface area (Å²) < 4.78 is 216. The van der Waals surface area contributed by atoms with Gasteiger partial charge in [-0.2, -0.15) is 0 Å². The van der Waals surface area contributed by atoms with Crippen LogP contribution in [0.25, 0.3) is 0 Å². The molecule has 0 saturated carbocycles. The van der Waals surface area contributed by atoms with Crippen molar-refractivity contribution in [3.63, 3.8) is 0 Å². The molecule has 0 aromatic rings. The van der Waals surface area contributed by atoms with Crippen LogP contribution in [0.2, 0.25) is 0 Å². The highest BCUT2D eigenvalue weighted by Crippen LogP contribution is 2.13. The highest BCUT2D eigenvalue weighted by Gasteiger charge is 2.34. The molecule has 0 heterocycles. The van der Waals surface area contributed by atoms with Gasteiger partial charge < -0.3 is 207 Å². The number of nitrogens with two attached hydrogens (primary N) is 3. The molecule has 4 amide bonds. The molecule has 0 aliphatic carbocycles. The van der Waals surface area contributed by atoms with Gasteiger partial charge in [-0.3, -0.25) is 28.8 Å². The molecule has 50 nitrogen and oxygen atoms in total. The van der Waals surface area contributed by atoms with Crippen LogP contribution in [0, 0.1) is 0 Å². The Morgan fingerprint density at radius 1 is 0.182 bits per heavy atom. The van der Waals surface area contributed by atoms with Crippen LogP contribution in [0.3, 0.4) is 0 Å². The van der Waals surface area contributed by atoms with Crippen molar-refractivity contribution < 1.29 is 214 Å². The maximum absolute atomic E-state index is 13.3. The molecular weight excluding hydrogens is 1910 g/mol. The van der Waals surface area contributed by atoms with Crippen LogP contribution < -0.4 is 28.0 Å². The lowest BCUT2D eigenvalue weighted by Crippen LogP contribution is -2.59. The van der Waals surface area contributed by atoms with Crippen molar-refractivity contribution in [2.45, 2.75) is 64.0 Å². The van der Waals surface area contributed by atoms with Crippen LogP contribution in [0.4, 0.5) is 0 Å². The predicted molar refractivity (Wildman–Crippen MR) is 512 cm³/mol. The van der Waals surface area contributed by atoms with Gasteiger partial charge in [0.15, 0.2) is 0 Å². The lowest BCUT2D eigenvalue weighted by Gasteiger charge is -2.34. The number of ether oxygens (including phenoxy) is 39. The number of carbonyl (C=O) groups is 5. The Bertz CT molecular complexity index is 2570. The summed E-state index contributed by atoms with van der Waals surface area (Å²) in [6.45, 7) is 35.2. The molecule has 50 heteroatoms. The first-order chi connectivity index (χ1) is 70.3. The van der Waals surface area contributed by atoms with Gasteiger partial charge in [-0.25, -0.2) is 5.48 Å². The van der Waals surface area contributed by atoms with E-state index < -0.39 is 34.8 Å². The van der Waals surface area contributed by atoms with Gasteiger partial charge in [0.05, 0.1) is 522 Å². The van der Waals surface area contributed by atoms with E-state index >= 15 is 0 Å². The Morgan fingerprint density at radius 2 is 0.329 bits per heavy atom. The lowest BCUT2D eigenvalue weighted by molar-refractivity contribution is -0.156. The molecular formula is C93H183N5O45. The molecule has 0 spiro atoms. The van der Waals surface area contributed by atoms with Crippen molar-refractivity contribution in [3.05, 3.63) is 0 Å². The van der Waals surface area contributed by atoms with Gasteiger partial charge in [0.1, 0.15) is 11.1 Å². The smallest absolute Gasteiger partial charge is 0.308 e. The van der Waals surface area contributed by atoms with E-state index in [2.05, 4.69) is 10.8 Å². The quantitative estimate of drug-likeness (QED) is 0.0270. The summed E-state index contributed by atoms with van der Waals surface area (Å²) in [6, 6.07) is 0. The lowest BCUT2D eigenvalue weighted by atomic mass is 10.0. The summed E-state index contributed by atoms with van der Waals surface area (Å²) in [5, 5.41) is 2.89. The van der Waals surface area contributed by atoms with Crippen LogP contribution in [-0.4, -0.2) is 556 Å². The summed E-state index contributed by atoms with van der Waals surface area (Å²) in [6.07, 6.45) is -0.122. The molecule has 0 bridgehead atoms. The van der Waals surface area contributed by atoms with E-state index in [-0.39, 0.29) is 111 Å². The number of hydrogen-bond donors (Lipinski definition) is 5. The number of hydroxylamine groups is 1. The normalized spacial score (nSPS) is 11.9. The maximum Gasteiger partial charge on any atom is 0.308 e. The zero-order valence-corrected chi connectivity index (χ0v) is 86.3. The number of rotatable bonds is 127. The SMILES string of the molecule is CC(C)(C)OC(=O)CCOCCOCCOCCOCCOCCOCCOCCOCCOCCOCCOCCOCCOCCOCCOCCOCCOCCOCCOCCOCCOCCOCCOCCONC(=O)CCOCC(COCCC(N)=O)(COCCC(N)=O)NC(=O)CCOCCOCCOCCOCCOCCOCCOCCOCCOCCOCCOCCOCCN. The van der Waals surface area contributed by atoms with Crippen LogP contribution in [0.1, 0.15) is 52.9 Å². The zero-order chi connectivity index (χ0) is 103. The first-order valence-electron chi connectivity index (χ1n) is 49.9. The van der Waals surface area contributed by atoms with Crippen molar-refractivity contribution >= 4 is 29.6 Å². The minimum Gasteiger partial charge on any atom is -0.460 e. The van der Waals surface area contributed by atoms with E-state index in [1.165, 1.54) is 0 Å². The summed E-state index contributed by atoms with van der Waals surface area (Å²) in [5.41, 5.74) is 16.5. The van der Waals surface area contributed by atoms with Crippen molar-refractivity contribution in [2.75, 3.05) is 515 Å². The molecule has 0 rings (SSSR count). The summed E-state index contributed by atoms with van der Waals surface area (Å²) in [5.74, 6) is -2.37. The fraction of sp³-hybridized carbons (Fsp3) is 0.946. The molecule has 0 atom stereocenters. The second-order valence-corrected chi connectivity index (χ2v) is 30.9. The van der Waals surface area contributed by atoms with Crippen LogP contribution in [-0.2, 0) is 214 Å². The first-order valence-corrected chi connectivity index (χ1v) is 49.9. The van der Waals surface area contributed by atoms with Gasteiger partial charge in [0.25, 0.3) is 0 Å². The number of carbonyl (C=O) groups excluding carboxylic acids is 5. The molecule has 0 unspecified atom stereocenters. The Morgan fingerprint density at radius 3 is 0.503 bits per heavy atom. The maximum atomic E-state index is 13.3. The predicted octanol–water partition coefficient (Wildman–Crippen LogP) is -1.26. The minimum atomic E-state index is -1.32. The molecule has 0 aliphatic heterocycles.